The molecular weight excluding hydrogens is 336 g/mol. The number of hydrogen-bond acceptors (Lipinski definition) is 4. The minimum absolute atomic E-state index is 0.135. The van der Waals surface area contributed by atoms with Gasteiger partial charge in [-0.25, -0.2) is 4.98 Å². The Morgan fingerprint density at radius 1 is 1.15 bits per heavy atom. The van der Waals surface area contributed by atoms with Crippen molar-refractivity contribution in [3.8, 4) is 0 Å². The number of thioether (sulfide) groups is 1. The van der Waals surface area contributed by atoms with E-state index in [9.17, 15) is 0 Å². The van der Waals surface area contributed by atoms with Crippen LogP contribution in [0.5, 0.6) is 0 Å². The van der Waals surface area contributed by atoms with Crippen LogP contribution in [0.15, 0.2) is 62.6 Å². The highest BCUT2D eigenvalue weighted by Gasteiger charge is 2.15. The molecule has 3 rings (SSSR count). The predicted octanol–water partition coefficient (Wildman–Crippen LogP) is 4.38. The smallest absolute Gasteiger partial charge is 0.257 e. The maximum atomic E-state index is 5.88. The number of benzene rings is 2. The first-order valence-electron chi connectivity index (χ1n) is 6.24. The van der Waals surface area contributed by atoms with Gasteiger partial charge in [-0.1, -0.05) is 52.0 Å². The van der Waals surface area contributed by atoms with Crippen LogP contribution in [0.3, 0.4) is 0 Å². The highest BCUT2D eigenvalue weighted by molar-refractivity contribution is 9.10. The summed E-state index contributed by atoms with van der Waals surface area (Å²) in [5.74, 6) is 0. The molecule has 1 atom stereocenters. The fourth-order valence-electron chi connectivity index (χ4n) is 1.95. The lowest BCUT2D eigenvalue weighted by Crippen LogP contribution is -2.09. The van der Waals surface area contributed by atoms with Crippen molar-refractivity contribution in [1.82, 2.24) is 4.98 Å². The summed E-state index contributed by atoms with van der Waals surface area (Å²) < 4.78 is 6.79. The topological polar surface area (TPSA) is 52.0 Å². The van der Waals surface area contributed by atoms with Crippen LogP contribution in [0, 0.1) is 0 Å². The molecule has 20 heavy (non-hydrogen) atoms. The van der Waals surface area contributed by atoms with Gasteiger partial charge in [-0.05, 0) is 29.8 Å². The molecule has 0 saturated carbocycles. The Labute approximate surface area is 129 Å². The van der Waals surface area contributed by atoms with Crippen molar-refractivity contribution in [2.45, 2.75) is 10.5 Å². The lowest BCUT2D eigenvalue weighted by molar-refractivity contribution is 0.488. The summed E-state index contributed by atoms with van der Waals surface area (Å²) in [7, 11) is 0. The molecule has 2 N–H and O–H groups in total. The number of nitrogens with zero attached hydrogens (tertiary/aromatic N) is 1. The van der Waals surface area contributed by atoms with Crippen LogP contribution in [-0.4, -0.2) is 11.5 Å². The molecule has 0 bridgehead atoms. The summed E-state index contributed by atoms with van der Waals surface area (Å²) >= 11 is 4.99. The van der Waals surface area contributed by atoms with Crippen molar-refractivity contribution < 1.29 is 4.42 Å². The quantitative estimate of drug-likeness (QED) is 0.710. The Bertz CT molecular complexity index is 678. The van der Waals surface area contributed by atoms with E-state index in [2.05, 4.69) is 33.0 Å². The molecule has 2 aromatic carbocycles. The number of para-hydroxylation sites is 2. The largest absolute Gasteiger partial charge is 0.431 e. The first-order chi connectivity index (χ1) is 9.76. The van der Waals surface area contributed by atoms with Gasteiger partial charge < -0.3 is 10.2 Å². The number of fused-ring (bicyclic) bond motifs is 1. The highest BCUT2D eigenvalue weighted by atomic mass is 79.9. The first kappa shape index (κ1) is 13.7. The van der Waals surface area contributed by atoms with Crippen molar-refractivity contribution in [1.29, 1.82) is 0 Å². The van der Waals surface area contributed by atoms with Gasteiger partial charge in [0.15, 0.2) is 5.58 Å². The van der Waals surface area contributed by atoms with E-state index in [0.29, 0.717) is 11.8 Å². The van der Waals surface area contributed by atoms with E-state index in [1.165, 1.54) is 5.56 Å². The van der Waals surface area contributed by atoms with Gasteiger partial charge in [0.1, 0.15) is 5.52 Å². The molecule has 1 unspecified atom stereocenters. The maximum Gasteiger partial charge on any atom is 0.257 e. The Kier molecular flexibility index (Phi) is 4.10. The molecule has 0 saturated heterocycles. The SMILES string of the molecule is NCC(Sc1nc2ccccc2o1)c1ccc(Br)cc1. The summed E-state index contributed by atoms with van der Waals surface area (Å²) in [6.45, 7) is 0.533. The Balaban J connectivity index is 1.85. The van der Waals surface area contributed by atoms with Gasteiger partial charge in [0.25, 0.3) is 5.22 Å². The molecule has 0 fully saturated rings. The molecule has 3 nitrogen and oxygen atoms in total. The minimum Gasteiger partial charge on any atom is -0.431 e. The number of oxazole rings is 1. The molecule has 102 valence electrons. The van der Waals surface area contributed by atoms with E-state index in [1.54, 1.807) is 11.8 Å². The molecule has 0 radical (unpaired) electrons. The van der Waals surface area contributed by atoms with Crippen molar-refractivity contribution in [3.05, 3.63) is 58.6 Å². The fourth-order valence-corrected chi connectivity index (χ4v) is 3.14. The average Bonchev–Trinajstić information content (AvgIpc) is 2.88. The molecule has 0 aliphatic heterocycles. The molecular formula is C15H13BrN2OS. The second-order valence-corrected chi connectivity index (χ2v) is 6.41. The number of halogens is 1. The number of rotatable bonds is 4. The van der Waals surface area contributed by atoms with Gasteiger partial charge in [-0.3, -0.25) is 0 Å². The zero-order chi connectivity index (χ0) is 13.9. The van der Waals surface area contributed by atoms with E-state index in [-0.39, 0.29) is 5.25 Å². The Hall–Kier alpha value is -1.30. The third-order valence-corrected chi connectivity index (χ3v) is 4.63. The van der Waals surface area contributed by atoms with E-state index in [4.69, 9.17) is 10.2 Å². The van der Waals surface area contributed by atoms with Gasteiger partial charge in [-0.2, -0.15) is 0 Å². The average molecular weight is 349 g/mol. The maximum absolute atomic E-state index is 5.88. The summed E-state index contributed by atoms with van der Waals surface area (Å²) in [6, 6.07) is 15.9. The Morgan fingerprint density at radius 3 is 2.60 bits per heavy atom. The number of aromatic nitrogens is 1. The fraction of sp³-hybridized carbons (Fsp3) is 0.133. The van der Waals surface area contributed by atoms with Crippen LogP contribution in [0.2, 0.25) is 0 Å². The normalized spacial score (nSPS) is 12.7. The first-order valence-corrected chi connectivity index (χ1v) is 7.91. The third kappa shape index (κ3) is 2.90. The minimum atomic E-state index is 0.135. The van der Waals surface area contributed by atoms with E-state index in [0.717, 1.165) is 15.6 Å². The van der Waals surface area contributed by atoms with Crippen molar-refractivity contribution in [3.63, 3.8) is 0 Å². The highest BCUT2D eigenvalue weighted by Crippen LogP contribution is 2.35. The monoisotopic (exact) mass is 348 g/mol. The second kappa shape index (κ2) is 5.99. The molecule has 1 aromatic heterocycles. The van der Waals surface area contributed by atoms with Crippen LogP contribution in [0.25, 0.3) is 11.1 Å². The van der Waals surface area contributed by atoms with Crippen LogP contribution < -0.4 is 5.73 Å². The molecule has 0 aliphatic carbocycles. The second-order valence-electron chi connectivity index (χ2n) is 4.34. The van der Waals surface area contributed by atoms with Gasteiger partial charge >= 0.3 is 0 Å². The molecule has 1 heterocycles. The van der Waals surface area contributed by atoms with Crippen LogP contribution in [-0.2, 0) is 0 Å². The van der Waals surface area contributed by atoms with Gasteiger partial charge in [0, 0.05) is 11.0 Å². The number of nitrogens with two attached hydrogens (primary N) is 1. The molecule has 5 heteroatoms. The lowest BCUT2D eigenvalue weighted by atomic mass is 10.1. The summed E-state index contributed by atoms with van der Waals surface area (Å²) in [5.41, 5.74) is 8.74. The van der Waals surface area contributed by atoms with Crippen LogP contribution in [0.1, 0.15) is 10.8 Å². The molecule has 0 spiro atoms. The van der Waals surface area contributed by atoms with Gasteiger partial charge in [0.05, 0.1) is 5.25 Å². The summed E-state index contributed by atoms with van der Waals surface area (Å²) in [4.78, 5) is 4.48. The van der Waals surface area contributed by atoms with E-state index in [1.807, 2.05) is 36.4 Å². The van der Waals surface area contributed by atoms with Crippen molar-refractivity contribution in [2.24, 2.45) is 5.73 Å². The zero-order valence-electron chi connectivity index (χ0n) is 10.6. The van der Waals surface area contributed by atoms with Crippen molar-refractivity contribution >= 4 is 38.8 Å². The standard InChI is InChI=1S/C15H13BrN2OS/c16-11-7-5-10(6-8-11)14(9-17)20-15-18-12-3-1-2-4-13(12)19-15/h1-8,14H,9,17H2. The van der Waals surface area contributed by atoms with Gasteiger partial charge in [-0.15, -0.1) is 0 Å². The lowest BCUT2D eigenvalue weighted by Gasteiger charge is -2.12. The van der Waals surface area contributed by atoms with Gasteiger partial charge in [0.2, 0.25) is 0 Å². The van der Waals surface area contributed by atoms with E-state index < -0.39 is 0 Å². The van der Waals surface area contributed by atoms with Crippen molar-refractivity contribution in [2.75, 3.05) is 6.54 Å². The predicted molar refractivity (Wildman–Crippen MR) is 85.8 cm³/mol. The zero-order valence-corrected chi connectivity index (χ0v) is 13.0. The van der Waals surface area contributed by atoms with Crippen LogP contribution >= 0.6 is 27.7 Å². The third-order valence-electron chi connectivity index (χ3n) is 2.97. The molecule has 0 aliphatic rings. The number of hydrogen-bond donors (Lipinski definition) is 1. The Morgan fingerprint density at radius 2 is 1.90 bits per heavy atom. The summed E-state index contributed by atoms with van der Waals surface area (Å²) in [5, 5.41) is 0.792. The summed E-state index contributed by atoms with van der Waals surface area (Å²) in [6.07, 6.45) is 0. The van der Waals surface area contributed by atoms with E-state index >= 15 is 0 Å². The molecule has 0 amide bonds. The van der Waals surface area contributed by atoms with Crippen LogP contribution in [0.4, 0.5) is 0 Å². The molecule has 3 aromatic rings.